The van der Waals surface area contributed by atoms with Crippen LogP contribution in [0.25, 0.3) is 0 Å². The van der Waals surface area contributed by atoms with Gasteiger partial charge in [0.15, 0.2) is 0 Å². The molecule has 1 rings (SSSR count). The quantitative estimate of drug-likeness (QED) is 0.299. The minimum atomic E-state index is -1.33. The summed E-state index contributed by atoms with van der Waals surface area (Å²) in [5.41, 5.74) is -0.197. The number of benzene rings is 1. The number of likely N-dealkylation sites (N-methyl/N-ethyl adjacent to an activating group) is 1. The van der Waals surface area contributed by atoms with Gasteiger partial charge in [-0.15, -0.1) is 0 Å². The second kappa shape index (κ2) is 10.4. The van der Waals surface area contributed by atoms with E-state index in [0.717, 1.165) is 19.6 Å². The molecule has 0 aliphatic carbocycles. The molecule has 0 spiro atoms. The van der Waals surface area contributed by atoms with Crippen LogP contribution in [-0.4, -0.2) is 49.0 Å². The van der Waals surface area contributed by atoms with Crippen LogP contribution < -0.4 is 20.6 Å². The van der Waals surface area contributed by atoms with Crippen molar-refractivity contribution in [2.24, 2.45) is 0 Å². The molecule has 0 unspecified atom stereocenters. The highest BCUT2D eigenvalue weighted by Gasteiger charge is 2.21. The van der Waals surface area contributed by atoms with Crippen LogP contribution >= 0.6 is 0 Å². The Hall–Kier alpha value is -2.52. The molecule has 0 fully saturated rings. The van der Waals surface area contributed by atoms with Gasteiger partial charge in [0, 0.05) is 6.07 Å². The van der Waals surface area contributed by atoms with E-state index in [1.807, 2.05) is 0 Å². The summed E-state index contributed by atoms with van der Waals surface area (Å²) < 4.78 is 0. The first kappa shape index (κ1) is 20.5. The van der Waals surface area contributed by atoms with E-state index in [2.05, 4.69) is 19.2 Å². The highest BCUT2D eigenvalue weighted by Crippen LogP contribution is 2.23. The van der Waals surface area contributed by atoms with E-state index in [4.69, 9.17) is 0 Å². The number of hydrogen-bond acceptors (Lipinski definition) is 5. The molecular formula is C16H25N4O5+. The summed E-state index contributed by atoms with van der Waals surface area (Å²) in [5, 5.41) is 26.1. The first-order valence-corrected chi connectivity index (χ1v) is 8.30. The topological polar surface area (TPSA) is 133 Å². The van der Waals surface area contributed by atoms with Crippen LogP contribution in [0.15, 0.2) is 24.3 Å². The molecule has 0 aliphatic heterocycles. The molecule has 0 bridgehead atoms. The smallest absolute Gasteiger partial charge is 0.292 e. The van der Waals surface area contributed by atoms with Gasteiger partial charge in [-0.05, 0) is 19.9 Å². The SMILES string of the molecule is CC[NH+](CC)CC[NH2+][C@@H](CC(=O)Nc1ccccc1[N+](=O)[O-])C(=O)[O-]. The van der Waals surface area contributed by atoms with E-state index in [9.17, 15) is 24.8 Å². The molecule has 9 heteroatoms. The zero-order valence-corrected chi connectivity index (χ0v) is 14.5. The average molecular weight is 353 g/mol. The van der Waals surface area contributed by atoms with Crippen LogP contribution in [0.3, 0.4) is 0 Å². The maximum Gasteiger partial charge on any atom is 0.292 e. The van der Waals surface area contributed by atoms with Gasteiger partial charge in [0.2, 0.25) is 5.91 Å². The number of nitrogens with zero attached hydrogens (tertiary/aromatic N) is 1. The molecule has 1 aromatic carbocycles. The van der Waals surface area contributed by atoms with Gasteiger partial charge in [-0.1, -0.05) is 12.1 Å². The zero-order chi connectivity index (χ0) is 18.8. The van der Waals surface area contributed by atoms with Crippen LogP contribution in [0.5, 0.6) is 0 Å². The van der Waals surface area contributed by atoms with Crippen molar-refractivity contribution in [2.45, 2.75) is 26.3 Å². The first-order chi connectivity index (χ1) is 11.9. The summed E-state index contributed by atoms with van der Waals surface area (Å²) in [6.07, 6.45) is -0.317. The number of nitrogens with two attached hydrogens (primary N) is 1. The van der Waals surface area contributed by atoms with Gasteiger partial charge in [-0.2, -0.15) is 0 Å². The Balaban J connectivity index is 2.62. The lowest BCUT2D eigenvalue weighted by atomic mass is 10.2. The second-order valence-electron chi connectivity index (χ2n) is 5.68. The maximum atomic E-state index is 12.1. The molecule has 4 N–H and O–H groups in total. The predicted octanol–water partition coefficient (Wildman–Crippen LogP) is -2.47. The Kier molecular flexibility index (Phi) is 8.51. The number of carboxylic acids is 1. The zero-order valence-electron chi connectivity index (χ0n) is 14.5. The van der Waals surface area contributed by atoms with Crippen molar-refractivity contribution in [1.29, 1.82) is 0 Å². The maximum absolute atomic E-state index is 12.1. The number of anilines is 1. The third-order valence-electron chi connectivity index (χ3n) is 4.03. The summed E-state index contributed by atoms with van der Waals surface area (Å²) in [6, 6.07) is 4.68. The third-order valence-corrected chi connectivity index (χ3v) is 4.03. The van der Waals surface area contributed by atoms with E-state index in [1.54, 1.807) is 11.4 Å². The van der Waals surface area contributed by atoms with Gasteiger partial charge in [-0.25, -0.2) is 0 Å². The van der Waals surface area contributed by atoms with E-state index in [-0.39, 0.29) is 17.8 Å². The fourth-order valence-electron chi connectivity index (χ4n) is 2.49. The molecule has 9 nitrogen and oxygen atoms in total. The van der Waals surface area contributed by atoms with Gasteiger partial charge >= 0.3 is 0 Å². The highest BCUT2D eigenvalue weighted by molar-refractivity contribution is 5.95. The van der Waals surface area contributed by atoms with Crippen molar-refractivity contribution in [3.63, 3.8) is 0 Å². The number of nitrogens with one attached hydrogen (secondary N) is 2. The standard InChI is InChI=1S/C16H24N4O5/c1-3-19(4-2)10-9-17-13(16(22)23)11-15(21)18-12-7-5-6-8-14(12)20(24)25/h5-8,13,17H,3-4,9-11H2,1-2H3,(H,18,21)(H,22,23)/p+1/t13-/m0/s1. The van der Waals surface area contributed by atoms with Crippen molar-refractivity contribution in [3.8, 4) is 0 Å². The fourth-order valence-corrected chi connectivity index (χ4v) is 2.49. The van der Waals surface area contributed by atoms with Crippen LogP contribution in [0.4, 0.5) is 11.4 Å². The minimum absolute atomic E-state index is 0.0437. The van der Waals surface area contributed by atoms with Gasteiger partial charge in [0.1, 0.15) is 24.8 Å². The number of carbonyl (C=O) groups excluding carboxylic acids is 2. The molecule has 1 aromatic rings. The van der Waals surface area contributed by atoms with Gasteiger partial charge in [0.25, 0.3) is 5.69 Å². The summed E-state index contributed by atoms with van der Waals surface area (Å²) in [5.74, 6) is -1.93. The summed E-state index contributed by atoms with van der Waals surface area (Å²) >= 11 is 0. The number of aliphatic carboxylic acids is 1. The Morgan fingerprint density at radius 1 is 1.28 bits per heavy atom. The molecule has 25 heavy (non-hydrogen) atoms. The number of para-hydroxylation sites is 2. The number of quaternary nitrogens is 2. The normalized spacial score (nSPS) is 12.0. The lowest BCUT2D eigenvalue weighted by Crippen LogP contribution is -3.14. The number of nitro benzene ring substituents is 1. The number of hydrogen-bond donors (Lipinski definition) is 3. The Morgan fingerprint density at radius 2 is 1.92 bits per heavy atom. The van der Waals surface area contributed by atoms with Crippen molar-refractivity contribution < 1.29 is 29.8 Å². The lowest BCUT2D eigenvalue weighted by molar-refractivity contribution is -0.910. The van der Waals surface area contributed by atoms with E-state index < -0.39 is 22.8 Å². The molecule has 138 valence electrons. The Labute approximate surface area is 146 Å². The number of nitro groups is 1. The van der Waals surface area contributed by atoms with Crippen LogP contribution in [-0.2, 0) is 9.59 Å². The van der Waals surface area contributed by atoms with Crippen LogP contribution in [0, 0.1) is 10.1 Å². The average Bonchev–Trinajstić information content (AvgIpc) is 2.57. The van der Waals surface area contributed by atoms with Crippen LogP contribution in [0.1, 0.15) is 20.3 Å². The lowest BCUT2D eigenvalue weighted by Gasteiger charge is -2.19. The van der Waals surface area contributed by atoms with Crippen molar-refractivity contribution in [2.75, 3.05) is 31.5 Å². The number of rotatable bonds is 11. The highest BCUT2D eigenvalue weighted by atomic mass is 16.6. The molecule has 0 aliphatic rings. The third kappa shape index (κ3) is 6.86. The summed E-state index contributed by atoms with van der Waals surface area (Å²) in [4.78, 5) is 35.0. The Morgan fingerprint density at radius 3 is 2.48 bits per heavy atom. The molecule has 0 saturated carbocycles. The van der Waals surface area contributed by atoms with E-state index in [1.165, 1.54) is 23.1 Å². The van der Waals surface area contributed by atoms with Crippen LogP contribution in [0.2, 0.25) is 0 Å². The second-order valence-corrected chi connectivity index (χ2v) is 5.68. The minimum Gasteiger partial charge on any atom is -0.544 e. The van der Waals surface area contributed by atoms with Gasteiger partial charge in [-0.3, -0.25) is 14.9 Å². The summed E-state index contributed by atoms with van der Waals surface area (Å²) in [6.45, 7) is 7.32. The predicted molar refractivity (Wildman–Crippen MR) is 88.8 cm³/mol. The van der Waals surface area contributed by atoms with Gasteiger partial charge < -0.3 is 25.4 Å². The number of amides is 1. The first-order valence-electron chi connectivity index (χ1n) is 8.30. The van der Waals surface area contributed by atoms with Gasteiger partial charge in [0.05, 0.1) is 30.4 Å². The molecule has 0 heterocycles. The van der Waals surface area contributed by atoms with E-state index in [0.29, 0.717) is 6.54 Å². The van der Waals surface area contributed by atoms with Crippen molar-refractivity contribution >= 4 is 23.3 Å². The largest absolute Gasteiger partial charge is 0.544 e. The van der Waals surface area contributed by atoms with Crippen molar-refractivity contribution in [1.82, 2.24) is 0 Å². The molecular weight excluding hydrogens is 328 g/mol. The molecule has 1 atom stereocenters. The number of carbonyl (C=O) groups is 2. The molecule has 0 saturated heterocycles. The molecule has 0 radical (unpaired) electrons. The molecule has 1 amide bonds. The summed E-state index contributed by atoms with van der Waals surface area (Å²) in [7, 11) is 0. The monoisotopic (exact) mass is 353 g/mol. The molecule has 0 aromatic heterocycles. The number of carboxylic acid groups (broad SMARTS) is 1. The van der Waals surface area contributed by atoms with Crippen molar-refractivity contribution in [3.05, 3.63) is 34.4 Å². The van der Waals surface area contributed by atoms with E-state index >= 15 is 0 Å². The Bertz CT molecular complexity index is 604. The fraction of sp³-hybridized carbons (Fsp3) is 0.500.